The number of ketones is 1. The van der Waals surface area contributed by atoms with E-state index >= 15 is 0 Å². The number of Topliss-reactive ketones (excluding diaryl/α,β-unsaturated/α-hetero) is 1. The van der Waals surface area contributed by atoms with E-state index in [-0.39, 0.29) is 11.3 Å². The van der Waals surface area contributed by atoms with Gasteiger partial charge in [0.05, 0.1) is 18.2 Å². The highest BCUT2D eigenvalue weighted by Gasteiger charge is 2.47. The monoisotopic (exact) mass is 519 g/mol. The molecule has 1 N–H and O–H groups in total. The normalized spacial score (nSPS) is 16.4. The van der Waals surface area contributed by atoms with Crippen LogP contribution in [-0.2, 0) is 16.2 Å². The molecule has 1 aliphatic heterocycles. The summed E-state index contributed by atoms with van der Waals surface area (Å²) in [5, 5.41) is 11.5. The number of hydrogen-bond donors (Lipinski definition) is 1. The third kappa shape index (κ3) is 5.27. The summed E-state index contributed by atoms with van der Waals surface area (Å²) in [6, 6.07) is 30.5. The maximum Gasteiger partial charge on any atom is 0.300 e. The number of anilines is 1. The van der Waals surface area contributed by atoms with E-state index in [9.17, 15) is 14.7 Å². The molecule has 1 fully saturated rings. The van der Waals surface area contributed by atoms with Gasteiger partial charge in [0.2, 0.25) is 0 Å². The van der Waals surface area contributed by atoms with E-state index in [1.807, 2.05) is 74.5 Å². The molecular weight excluding hydrogens is 490 g/mol. The predicted molar refractivity (Wildman–Crippen MR) is 151 cm³/mol. The standard InChI is InChI=1S/C33H29NO5/c1-3-38-28-18-17-25(19-22(28)2)31(35)29-30(34(33(37)32(29)36)26-14-8-5-9-15-26)24-13-10-16-27(20-24)39-21-23-11-6-4-7-12-23/h4-20,30,35H,3,21H2,1-2H3/b31-29+. The third-order valence-corrected chi connectivity index (χ3v) is 6.65. The van der Waals surface area contributed by atoms with Crippen molar-refractivity contribution in [1.29, 1.82) is 0 Å². The van der Waals surface area contributed by atoms with Crippen molar-refractivity contribution >= 4 is 23.1 Å². The number of para-hydroxylation sites is 1. The second-order valence-corrected chi connectivity index (χ2v) is 9.26. The Labute approximate surface area is 227 Å². The zero-order valence-electron chi connectivity index (χ0n) is 21.8. The topological polar surface area (TPSA) is 76.1 Å². The predicted octanol–water partition coefficient (Wildman–Crippen LogP) is 6.60. The maximum absolute atomic E-state index is 13.5. The van der Waals surface area contributed by atoms with Crippen LogP contribution >= 0.6 is 0 Å². The second kappa shape index (κ2) is 11.3. The summed E-state index contributed by atoms with van der Waals surface area (Å²) in [7, 11) is 0. The van der Waals surface area contributed by atoms with Gasteiger partial charge < -0.3 is 14.6 Å². The Hall–Kier alpha value is -4.84. The van der Waals surface area contributed by atoms with Crippen molar-refractivity contribution in [2.45, 2.75) is 26.5 Å². The Kier molecular flexibility index (Phi) is 7.46. The fourth-order valence-corrected chi connectivity index (χ4v) is 4.79. The SMILES string of the molecule is CCOc1ccc(/C(O)=C2\C(=O)C(=O)N(c3ccccc3)C2c2cccc(OCc3ccccc3)c2)cc1C. The van der Waals surface area contributed by atoms with Crippen molar-refractivity contribution in [3.63, 3.8) is 0 Å². The summed E-state index contributed by atoms with van der Waals surface area (Å²) in [5.41, 5.74) is 3.49. The van der Waals surface area contributed by atoms with E-state index < -0.39 is 17.7 Å². The van der Waals surface area contributed by atoms with Crippen molar-refractivity contribution in [1.82, 2.24) is 0 Å². The zero-order chi connectivity index (χ0) is 27.4. The molecule has 39 heavy (non-hydrogen) atoms. The first-order chi connectivity index (χ1) is 19.0. The van der Waals surface area contributed by atoms with E-state index in [4.69, 9.17) is 9.47 Å². The summed E-state index contributed by atoms with van der Waals surface area (Å²) in [6.45, 7) is 4.65. The molecule has 1 atom stereocenters. The van der Waals surface area contributed by atoms with E-state index in [1.54, 1.807) is 42.5 Å². The largest absolute Gasteiger partial charge is 0.507 e. The molecule has 0 spiro atoms. The molecule has 1 unspecified atom stereocenters. The molecule has 1 aliphatic rings. The van der Waals surface area contributed by atoms with Crippen molar-refractivity contribution in [3.8, 4) is 11.5 Å². The number of rotatable bonds is 8. The molecule has 0 aliphatic carbocycles. The van der Waals surface area contributed by atoms with Gasteiger partial charge in [0.1, 0.15) is 23.9 Å². The molecule has 1 saturated heterocycles. The zero-order valence-corrected chi connectivity index (χ0v) is 21.8. The summed E-state index contributed by atoms with van der Waals surface area (Å²) in [5.74, 6) is -0.404. The van der Waals surface area contributed by atoms with Crippen LogP contribution < -0.4 is 14.4 Å². The Morgan fingerprint density at radius 1 is 0.846 bits per heavy atom. The van der Waals surface area contributed by atoms with Gasteiger partial charge >= 0.3 is 0 Å². The van der Waals surface area contributed by atoms with Gasteiger partial charge in [-0.25, -0.2) is 0 Å². The van der Waals surface area contributed by atoms with Crippen LogP contribution in [0.5, 0.6) is 11.5 Å². The summed E-state index contributed by atoms with van der Waals surface area (Å²) >= 11 is 0. The van der Waals surface area contributed by atoms with Gasteiger partial charge in [-0.15, -0.1) is 0 Å². The quantitative estimate of drug-likeness (QED) is 0.161. The van der Waals surface area contributed by atoms with Crippen LogP contribution in [0.1, 0.15) is 35.2 Å². The Balaban J connectivity index is 1.60. The fourth-order valence-electron chi connectivity index (χ4n) is 4.79. The number of hydrogen-bond acceptors (Lipinski definition) is 5. The van der Waals surface area contributed by atoms with Gasteiger partial charge in [-0.1, -0.05) is 60.7 Å². The van der Waals surface area contributed by atoms with Crippen molar-refractivity contribution in [2.75, 3.05) is 11.5 Å². The minimum absolute atomic E-state index is 0.0209. The lowest BCUT2D eigenvalue weighted by atomic mass is 9.94. The lowest BCUT2D eigenvalue weighted by Crippen LogP contribution is -2.29. The number of carbonyl (C=O) groups is 2. The molecule has 4 aromatic rings. The number of aliphatic hydroxyl groups excluding tert-OH is 1. The van der Waals surface area contributed by atoms with Crippen LogP contribution in [0.2, 0.25) is 0 Å². The third-order valence-electron chi connectivity index (χ3n) is 6.65. The fraction of sp³-hybridized carbons (Fsp3) is 0.152. The average Bonchev–Trinajstić information content (AvgIpc) is 3.24. The molecule has 196 valence electrons. The lowest BCUT2D eigenvalue weighted by molar-refractivity contribution is -0.132. The maximum atomic E-state index is 13.5. The minimum atomic E-state index is -0.848. The van der Waals surface area contributed by atoms with Gasteiger partial charge in [0, 0.05) is 11.3 Å². The van der Waals surface area contributed by atoms with Crippen LogP contribution in [-0.4, -0.2) is 23.4 Å². The van der Waals surface area contributed by atoms with Gasteiger partial charge in [-0.2, -0.15) is 0 Å². The van der Waals surface area contributed by atoms with Crippen molar-refractivity contribution in [2.24, 2.45) is 0 Å². The van der Waals surface area contributed by atoms with E-state index in [0.717, 1.165) is 11.1 Å². The molecule has 6 heteroatoms. The first-order valence-electron chi connectivity index (χ1n) is 12.8. The minimum Gasteiger partial charge on any atom is -0.507 e. The number of ether oxygens (including phenoxy) is 2. The van der Waals surface area contributed by atoms with Crippen LogP contribution in [0.25, 0.3) is 5.76 Å². The molecule has 4 aromatic carbocycles. The smallest absolute Gasteiger partial charge is 0.300 e. The number of benzene rings is 4. The Bertz CT molecular complexity index is 1530. The van der Waals surface area contributed by atoms with Crippen LogP contribution in [0.4, 0.5) is 5.69 Å². The highest BCUT2D eigenvalue weighted by Crippen LogP contribution is 2.43. The second-order valence-electron chi connectivity index (χ2n) is 9.26. The van der Waals surface area contributed by atoms with Gasteiger partial charge in [-0.3, -0.25) is 14.5 Å². The molecule has 1 heterocycles. The molecule has 6 nitrogen and oxygen atoms in total. The first-order valence-corrected chi connectivity index (χ1v) is 12.8. The van der Waals surface area contributed by atoms with Crippen molar-refractivity contribution < 1.29 is 24.2 Å². The molecule has 0 saturated carbocycles. The number of aryl methyl sites for hydroxylation is 1. The number of carbonyl (C=O) groups excluding carboxylic acids is 2. The first kappa shape index (κ1) is 25.8. The highest BCUT2D eigenvalue weighted by molar-refractivity contribution is 6.51. The van der Waals surface area contributed by atoms with Crippen LogP contribution in [0.3, 0.4) is 0 Å². The Morgan fingerprint density at radius 2 is 1.56 bits per heavy atom. The molecule has 5 rings (SSSR count). The van der Waals surface area contributed by atoms with Crippen LogP contribution in [0.15, 0.2) is 109 Å². The van der Waals surface area contributed by atoms with Gasteiger partial charge in [-0.05, 0) is 73.0 Å². The number of aliphatic hydroxyl groups is 1. The van der Waals surface area contributed by atoms with Gasteiger partial charge in [0.25, 0.3) is 11.7 Å². The number of nitrogens with zero attached hydrogens (tertiary/aromatic N) is 1. The summed E-state index contributed by atoms with van der Waals surface area (Å²) in [6.07, 6.45) is 0. The Morgan fingerprint density at radius 3 is 2.26 bits per heavy atom. The van der Waals surface area contributed by atoms with E-state index in [2.05, 4.69) is 0 Å². The molecule has 0 radical (unpaired) electrons. The average molecular weight is 520 g/mol. The molecule has 0 bridgehead atoms. The molecular formula is C33H29NO5. The summed E-state index contributed by atoms with van der Waals surface area (Å²) in [4.78, 5) is 28.3. The van der Waals surface area contributed by atoms with Crippen LogP contribution in [0, 0.1) is 6.92 Å². The lowest BCUT2D eigenvalue weighted by Gasteiger charge is -2.26. The van der Waals surface area contributed by atoms with Gasteiger partial charge in [0.15, 0.2) is 0 Å². The van der Waals surface area contributed by atoms with Crippen molar-refractivity contribution in [3.05, 3.63) is 131 Å². The molecule has 0 aromatic heterocycles. The van der Waals surface area contributed by atoms with E-state index in [1.165, 1.54) is 4.90 Å². The van der Waals surface area contributed by atoms with E-state index in [0.29, 0.717) is 41.5 Å². The summed E-state index contributed by atoms with van der Waals surface area (Å²) < 4.78 is 11.7. The molecule has 1 amide bonds. The highest BCUT2D eigenvalue weighted by atomic mass is 16.5. The number of amides is 1.